The summed E-state index contributed by atoms with van der Waals surface area (Å²) in [4.78, 5) is 25.4. The minimum Gasteiger partial charge on any atom is -0.379 e. The molecule has 4 heterocycles. The zero-order chi connectivity index (χ0) is 28.6. The molecule has 0 spiro atoms. The van der Waals surface area contributed by atoms with E-state index in [1.165, 1.54) is 0 Å². The summed E-state index contributed by atoms with van der Waals surface area (Å²) in [6, 6.07) is 20.5. The van der Waals surface area contributed by atoms with Crippen molar-refractivity contribution in [3.63, 3.8) is 0 Å². The van der Waals surface area contributed by atoms with Crippen LogP contribution >= 0.6 is 11.6 Å². The van der Waals surface area contributed by atoms with Gasteiger partial charge in [-0.1, -0.05) is 35.9 Å². The number of hydrogen-bond acceptors (Lipinski definition) is 6. The summed E-state index contributed by atoms with van der Waals surface area (Å²) in [5.74, 6) is 0.480. The minimum absolute atomic E-state index is 0.449. The number of pyridine rings is 1. The molecular weight excluding hydrogens is 550 g/mol. The molecule has 3 N–H and O–H groups in total. The smallest absolute Gasteiger partial charge is 0.250 e. The predicted octanol–water partition coefficient (Wildman–Crippen LogP) is 5.47. The van der Waals surface area contributed by atoms with E-state index in [0.29, 0.717) is 10.6 Å². The molecule has 0 atom stereocenters. The first kappa shape index (κ1) is 26.9. The third-order valence-corrected chi connectivity index (χ3v) is 8.63. The number of anilines is 1. The van der Waals surface area contributed by atoms with Gasteiger partial charge in [0.05, 0.1) is 37.5 Å². The Labute approximate surface area is 249 Å². The number of aromatic amines is 1. The Hall–Kier alpha value is -3.95. The van der Waals surface area contributed by atoms with Crippen molar-refractivity contribution in [3.05, 3.63) is 83.0 Å². The van der Waals surface area contributed by atoms with Crippen molar-refractivity contribution in [2.24, 2.45) is 5.73 Å². The number of aromatic nitrogens is 2. The van der Waals surface area contributed by atoms with Gasteiger partial charge in [0.15, 0.2) is 0 Å². The largest absolute Gasteiger partial charge is 0.379 e. The second-order valence-corrected chi connectivity index (χ2v) is 11.3. The maximum Gasteiger partial charge on any atom is 0.250 e. The summed E-state index contributed by atoms with van der Waals surface area (Å²) < 4.78 is 10.9. The summed E-state index contributed by atoms with van der Waals surface area (Å²) >= 11 is 6.75. The molecule has 2 saturated heterocycles. The van der Waals surface area contributed by atoms with Crippen LogP contribution in [0.2, 0.25) is 5.02 Å². The molecule has 2 aliphatic heterocycles. The standard InChI is InChI=1S/C33H32ClN5O3/c34-29-17-21(1-2-24(29)20-38-7-11-41-12-8-38)25-15-27-26-5-3-22(18-30(26)37-32(27)28(16-25)33(35)40)23-4-6-31(36-19-23)39-9-13-42-14-10-39/h1-6,15-19,37H,7-14,20H2,(H2,35,40). The number of amides is 1. The molecule has 0 bridgehead atoms. The summed E-state index contributed by atoms with van der Waals surface area (Å²) in [6.07, 6.45) is 1.91. The highest BCUT2D eigenvalue weighted by Crippen LogP contribution is 2.36. The number of nitrogens with one attached hydrogen (secondary N) is 1. The Bertz CT molecular complexity index is 1770. The molecule has 2 aromatic heterocycles. The second-order valence-electron chi connectivity index (χ2n) is 10.9. The topological polar surface area (TPSA) is 96.7 Å². The number of hydrogen-bond donors (Lipinski definition) is 2. The zero-order valence-corrected chi connectivity index (χ0v) is 24.0. The van der Waals surface area contributed by atoms with E-state index in [1.807, 2.05) is 18.3 Å². The van der Waals surface area contributed by atoms with Crippen LogP contribution in [0.15, 0.2) is 66.9 Å². The van der Waals surface area contributed by atoms with E-state index >= 15 is 0 Å². The molecule has 2 aliphatic rings. The fraction of sp³-hybridized carbons (Fsp3) is 0.273. The average molecular weight is 582 g/mol. The number of halogens is 1. The van der Waals surface area contributed by atoms with E-state index in [-0.39, 0.29) is 0 Å². The lowest BCUT2D eigenvalue weighted by Gasteiger charge is -2.27. The number of nitrogens with two attached hydrogens (primary N) is 1. The SMILES string of the molecule is NC(=O)c1cc(-c2ccc(CN3CCOCC3)c(Cl)c2)cc2c1[nH]c1cc(-c3ccc(N4CCOCC4)nc3)ccc12. The number of H-pyrrole nitrogens is 1. The van der Waals surface area contributed by atoms with Crippen LogP contribution in [0, 0.1) is 0 Å². The highest BCUT2D eigenvalue weighted by atomic mass is 35.5. The number of fused-ring (bicyclic) bond motifs is 3. The van der Waals surface area contributed by atoms with Gasteiger partial charge in [0, 0.05) is 65.8 Å². The van der Waals surface area contributed by atoms with Crippen LogP contribution in [0.4, 0.5) is 5.82 Å². The number of benzene rings is 3. The molecule has 0 unspecified atom stereocenters. The van der Waals surface area contributed by atoms with Gasteiger partial charge in [0.25, 0.3) is 5.91 Å². The first-order valence-corrected chi connectivity index (χ1v) is 14.7. The highest BCUT2D eigenvalue weighted by Gasteiger charge is 2.18. The van der Waals surface area contributed by atoms with E-state index in [2.05, 4.69) is 63.3 Å². The summed E-state index contributed by atoms with van der Waals surface area (Å²) in [5.41, 5.74) is 13.0. The van der Waals surface area contributed by atoms with Gasteiger partial charge in [-0.05, 0) is 58.7 Å². The number of carbonyl (C=O) groups is 1. The van der Waals surface area contributed by atoms with E-state index in [9.17, 15) is 4.79 Å². The molecule has 7 rings (SSSR count). The molecule has 0 saturated carbocycles. The molecule has 8 nitrogen and oxygen atoms in total. The van der Waals surface area contributed by atoms with Crippen LogP contribution < -0.4 is 10.6 Å². The first-order valence-electron chi connectivity index (χ1n) is 14.3. The lowest BCUT2D eigenvalue weighted by atomic mass is 9.97. The molecular formula is C33H32ClN5O3. The summed E-state index contributed by atoms with van der Waals surface area (Å²) in [5, 5.41) is 2.67. The quantitative estimate of drug-likeness (QED) is 0.276. The van der Waals surface area contributed by atoms with Crippen LogP contribution in [0.5, 0.6) is 0 Å². The Morgan fingerprint density at radius 2 is 1.55 bits per heavy atom. The molecule has 9 heteroatoms. The van der Waals surface area contributed by atoms with Crippen molar-refractivity contribution in [1.82, 2.24) is 14.9 Å². The van der Waals surface area contributed by atoms with E-state index < -0.39 is 5.91 Å². The fourth-order valence-electron chi connectivity index (χ4n) is 5.94. The zero-order valence-electron chi connectivity index (χ0n) is 23.2. The first-order chi connectivity index (χ1) is 20.5. The average Bonchev–Trinajstić information content (AvgIpc) is 3.40. The van der Waals surface area contributed by atoms with Crippen molar-refractivity contribution in [1.29, 1.82) is 0 Å². The van der Waals surface area contributed by atoms with Crippen molar-refractivity contribution in [3.8, 4) is 22.3 Å². The van der Waals surface area contributed by atoms with Gasteiger partial charge >= 0.3 is 0 Å². The van der Waals surface area contributed by atoms with Gasteiger partial charge in [-0.3, -0.25) is 9.69 Å². The van der Waals surface area contributed by atoms with E-state index in [0.717, 1.165) is 115 Å². The van der Waals surface area contributed by atoms with Crippen molar-refractivity contribution in [2.45, 2.75) is 6.54 Å². The fourth-order valence-corrected chi connectivity index (χ4v) is 6.18. The predicted molar refractivity (Wildman–Crippen MR) is 167 cm³/mol. The number of carbonyl (C=O) groups excluding carboxylic acids is 1. The van der Waals surface area contributed by atoms with Gasteiger partial charge in [-0.2, -0.15) is 0 Å². The maximum atomic E-state index is 12.6. The van der Waals surface area contributed by atoms with Gasteiger partial charge in [0.2, 0.25) is 0 Å². The number of morpholine rings is 2. The van der Waals surface area contributed by atoms with E-state index in [1.54, 1.807) is 0 Å². The Kier molecular flexibility index (Phi) is 7.29. The third-order valence-electron chi connectivity index (χ3n) is 8.27. The summed E-state index contributed by atoms with van der Waals surface area (Å²) in [7, 11) is 0. The van der Waals surface area contributed by atoms with Gasteiger partial charge in [0.1, 0.15) is 5.82 Å². The van der Waals surface area contributed by atoms with Crippen LogP contribution in [-0.4, -0.2) is 73.4 Å². The number of nitrogens with zero attached hydrogens (tertiary/aromatic N) is 3. The molecule has 5 aromatic rings. The van der Waals surface area contributed by atoms with Crippen LogP contribution in [0.1, 0.15) is 15.9 Å². The molecule has 42 heavy (non-hydrogen) atoms. The van der Waals surface area contributed by atoms with Crippen LogP contribution in [0.25, 0.3) is 44.1 Å². The Morgan fingerprint density at radius 3 is 2.26 bits per heavy atom. The molecule has 3 aromatic carbocycles. The van der Waals surface area contributed by atoms with Gasteiger partial charge in [-0.25, -0.2) is 4.98 Å². The number of rotatable bonds is 6. The lowest BCUT2D eigenvalue weighted by molar-refractivity contribution is 0.0342. The molecule has 0 radical (unpaired) electrons. The van der Waals surface area contributed by atoms with Crippen LogP contribution in [0.3, 0.4) is 0 Å². The third kappa shape index (κ3) is 5.23. The van der Waals surface area contributed by atoms with Crippen molar-refractivity contribution >= 4 is 45.1 Å². The van der Waals surface area contributed by atoms with E-state index in [4.69, 9.17) is 31.8 Å². The maximum absolute atomic E-state index is 12.6. The van der Waals surface area contributed by atoms with Gasteiger partial charge < -0.3 is 25.1 Å². The highest BCUT2D eigenvalue weighted by molar-refractivity contribution is 6.31. The Morgan fingerprint density at radius 1 is 0.833 bits per heavy atom. The lowest BCUT2D eigenvalue weighted by Crippen LogP contribution is -2.36. The monoisotopic (exact) mass is 581 g/mol. The normalized spacial score (nSPS) is 16.4. The van der Waals surface area contributed by atoms with Crippen molar-refractivity contribution < 1.29 is 14.3 Å². The second kappa shape index (κ2) is 11.4. The van der Waals surface area contributed by atoms with Gasteiger partial charge in [-0.15, -0.1) is 0 Å². The van der Waals surface area contributed by atoms with Crippen molar-refractivity contribution in [2.75, 3.05) is 57.5 Å². The molecule has 2 fully saturated rings. The molecule has 0 aliphatic carbocycles. The van der Waals surface area contributed by atoms with Crippen LogP contribution in [-0.2, 0) is 16.0 Å². The number of ether oxygens (including phenoxy) is 2. The number of primary amides is 1. The Balaban J connectivity index is 1.22. The summed E-state index contributed by atoms with van der Waals surface area (Å²) in [6.45, 7) is 7.22. The molecule has 1 amide bonds. The molecule has 214 valence electrons. The minimum atomic E-state index is -0.480.